The van der Waals surface area contributed by atoms with E-state index in [9.17, 15) is 4.79 Å². The molecule has 4 rings (SSSR count). The number of hydrogen-bond donors (Lipinski definition) is 1. The van der Waals surface area contributed by atoms with Crippen molar-refractivity contribution in [3.63, 3.8) is 0 Å². The maximum absolute atomic E-state index is 13.6. The van der Waals surface area contributed by atoms with Gasteiger partial charge < -0.3 is 20.1 Å². The topological polar surface area (TPSA) is 77.7 Å². The number of carbonyl (C=O) groups is 1. The SMILES string of the molecule is CCOc1ccc(-c2ccc(N(C[C@@H](N)[C@@H](C)OC)C(=O)[C@@H]3C[C@H]3c3ccccn3)cc2)cc1.Cl. The second kappa shape index (κ2) is 12.2. The summed E-state index contributed by atoms with van der Waals surface area (Å²) in [5.41, 5.74) is 10.4. The van der Waals surface area contributed by atoms with E-state index in [0.29, 0.717) is 13.2 Å². The van der Waals surface area contributed by atoms with Crippen molar-refractivity contribution < 1.29 is 14.3 Å². The monoisotopic (exact) mass is 495 g/mol. The average Bonchev–Trinajstić information content (AvgIpc) is 3.69. The van der Waals surface area contributed by atoms with E-state index in [2.05, 4.69) is 4.98 Å². The van der Waals surface area contributed by atoms with Crippen LogP contribution in [0.3, 0.4) is 0 Å². The van der Waals surface area contributed by atoms with Crippen LogP contribution >= 0.6 is 12.4 Å². The first-order valence-electron chi connectivity index (χ1n) is 11.9. The normalized spacial score (nSPS) is 18.2. The van der Waals surface area contributed by atoms with E-state index in [-0.39, 0.29) is 42.3 Å². The van der Waals surface area contributed by atoms with Gasteiger partial charge in [0.05, 0.1) is 12.7 Å². The third-order valence-corrected chi connectivity index (χ3v) is 6.49. The zero-order valence-corrected chi connectivity index (χ0v) is 21.3. The number of benzene rings is 2. The number of rotatable bonds is 10. The van der Waals surface area contributed by atoms with Crippen molar-refractivity contribution in [2.45, 2.75) is 38.3 Å². The Hall–Kier alpha value is -2.93. The van der Waals surface area contributed by atoms with Gasteiger partial charge in [-0.25, -0.2) is 0 Å². The molecule has 2 aromatic carbocycles. The lowest BCUT2D eigenvalue weighted by Gasteiger charge is -2.29. The van der Waals surface area contributed by atoms with Crippen LogP contribution in [0.25, 0.3) is 11.1 Å². The van der Waals surface area contributed by atoms with E-state index >= 15 is 0 Å². The molecule has 2 N–H and O–H groups in total. The van der Waals surface area contributed by atoms with E-state index in [1.165, 1.54) is 0 Å². The molecule has 0 saturated heterocycles. The number of aromatic nitrogens is 1. The summed E-state index contributed by atoms with van der Waals surface area (Å²) in [7, 11) is 1.64. The molecule has 3 aromatic rings. The number of nitrogens with zero attached hydrogens (tertiary/aromatic N) is 2. The Balaban J connectivity index is 0.00000342. The Kier molecular flexibility index (Phi) is 9.26. The van der Waals surface area contributed by atoms with Crippen LogP contribution in [0.2, 0.25) is 0 Å². The molecule has 1 aliphatic carbocycles. The van der Waals surface area contributed by atoms with Gasteiger partial charge in [-0.1, -0.05) is 30.3 Å². The fourth-order valence-electron chi connectivity index (χ4n) is 4.19. The number of amides is 1. The van der Waals surface area contributed by atoms with Crippen molar-refractivity contribution in [3.05, 3.63) is 78.6 Å². The molecule has 1 heterocycles. The average molecular weight is 496 g/mol. The van der Waals surface area contributed by atoms with Gasteiger partial charge >= 0.3 is 0 Å². The highest BCUT2D eigenvalue weighted by molar-refractivity contribution is 5.97. The maximum atomic E-state index is 13.6. The minimum absolute atomic E-state index is 0. The van der Waals surface area contributed by atoms with Crippen LogP contribution in [0.15, 0.2) is 72.9 Å². The highest BCUT2D eigenvalue weighted by atomic mass is 35.5. The van der Waals surface area contributed by atoms with E-state index in [1.54, 1.807) is 13.3 Å². The fourth-order valence-corrected chi connectivity index (χ4v) is 4.19. The summed E-state index contributed by atoms with van der Waals surface area (Å²) in [6.07, 6.45) is 2.43. The Morgan fingerprint density at radius 3 is 2.31 bits per heavy atom. The lowest BCUT2D eigenvalue weighted by atomic mass is 10.0. The van der Waals surface area contributed by atoms with Crippen molar-refractivity contribution in [1.29, 1.82) is 0 Å². The van der Waals surface area contributed by atoms with Crippen molar-refractivity contribution in [1.82, 2.24) is 4.98 Å². The van der Waals surface area contributed by atoms with Crippen molar-refractivity contribution >= 4 is 24.0 Å². The second-order valence-corrected chi connectivity index (χ2v) is 8.76. The Morgan fingerprint density at radius 2 is 1.74 bits per heavy atom. The van der Waals surface area contributed by atoms with Gasteiger partial charge in [0.15, 0.2) is 0 Å². The van der Waals surface area contributed by atoms with Crippen LogP contribution in [0.1, 0.15) is 31.9 Å². The molecular formula is C28H34ClN3O3. The number of methoxy groups -OCH3 is 1. The predicted octanol–water partition coefficient (Wildman–Crippen LogP) is 5.07. The molecule has 0 aliphatic heterocycles. The quantitative estimate of drug-likeness (QED) is 0.425. The molecule has 1 fully saturated rings. The third-order valence-electron chi connectivity index (χ3n) is 6.49. The first kappa shape index (κ1) is 26.7. The van der Waals surface area contributed by atoms with Gasteiger partial charge in [-0.15, -0.1) is 12.4 Å². The van der Waals surface area contributed by atoms with Crippen LogP contribution < -0.4 is 15.4 Å². The number of carbonyl (C=O) groups excluding carboxylic acids is 1. The number of ether oxygens (including phenoxy) is 2. The number of pyridine rings is 1. The molecule has 6 nitrogen and oxygen atoms in total. The molecule has 35 heavy (non-hydrogen) atoms. The summed E-state index contributed by atoms with van der Waals surface area (Å²) >= 11 is 0. The predicted molar refractivity (Wildman–Crippen MR) is 142 cm³/mol. The number of nitrogens with two attached hydrogens (primary N) is 1. The van der Waals surface area contributed by atoms with Crippen LogP contribution in [0, 0.1) is 5.92 Å². The largest absolute Gasteiger partial charge is 0.494 e. The van der Waals surface area contributed by atoms with Gasteiger partial charge in [-0.05, 0) is 67.8 Å². The molecule has 1 aliphatic rings. The zero-order valence-electron chi connectivity index (χ0n) is 20.5. The Morgan fingerprint density at radius 1 is 1.09 bits per heavy atom. The molecule has 0 bridgehead atoms. The first-order chi connectivity index (χ1) is 16.5. The minimum Gasteiger partial charge on any atom is -0.494 e. The second-order valence-electron chi connectivity index (χ2n) is 8.76. The van der Waals surface area contributed by atoms with Crippen LogP contribution in [-0.4, -0.2) is 43.3 Å². The van der Waals surface area contributed by atoms with Crippen molar-refractivity contribution in [3.8, 4) is 16.9 Å². The van der Waals surface area contributed by atoms with Crippen LogP contribution in [-0.2, 0) is 9.53 Å². The molecule has 0 spiro atoms. The zero-order chi connectivity index (χ0) is 24.1. The summed E-state index contributed by atoms with van der Waals surface area (Å²) in [6.45, 7) is 4.93. The van der Waals surface area contributed by atoms with E-state index in [1.807, 2.05) is 85.5 Å². The van der Waals surface area contributed by atoms with Gasteiger partial charge in [0, 0.05) is 49.1 Å². The lowest BCUT2D eigenvalue weighted by molar-refractivity contribution is -0.120. The van der Waals surface area contributed by atoms with E-state index in [4.69, 9.17) is 15.2 Å². The molecule has 186 valence electrons. The molecule has 0 radical (unpaired) electrons. The summed E-state index contributed by atoms with van der Waals surface area (Å²) in [4.78, 5) is 19.8. The lowest BCUT2D eigenvalue weighted by Crippen LogP contribution is -2.47. The number of anilines is 1. The molecule has 1 aromatic heterocycles. The van der Waals surface area contributed by atoms with Gasteiger partial charge in [0.1, 0.15) is 5.75 Å². The molecular weight excluding hydrogens is 462 g/mol. The third kappa shape index (κ3) is 6.40. The first-order valence-corrected chi connectivity index (χ1v) is 11.9. The Bertz CT molecular complexity index is 1080. The van der Waals surface area contributed by atoms with Gasteiger partial charge in [0.25, 0.3) is 0 Å². The Labute approximate surface area is 213 Å². The van der Waals surface area contributed by atoms with Crippen molar-refractivity contribution in [2.75, 3.05) is 25.2 Å². The van der Waals surface area contributed by atoms with Crippen LogP contribution in [0.4, 0.5) is 5.69 Å². The summed E-state index contributed by atoms with van der Waals surface area (Å²) in [6, 6.07) is 21.6. The van der Waals surface area contributed by atoms with Gasteiger partial charge in [-0.2, -0.15) is 0 Å². The standard InChI is InChI=1S/C28H33N3O3.ClH/c1-4-34-23-14-10-21(11-15-23)20-8-12-22(13-9-20)31(18-26(29)19(2)33-3)28(32)25-17-24(25)27-7-5-6-16-30-27;/h5-16,19,24-26H,4,17-18,29H2,1-3H3;1H/t19-,24-,25-,26-;/m1./s1. The molecule has 4 atom stereocenters. The summed E-state index contributed by atoms with van der Waals surface area (Å²) < 4.78 is 11.0. The summed E-state index contributed by atoms with van der Waals surface area (Å²) in [5, 5.41) is 0. The van der Waals surface area contributed by atoms with Gasteiger partial charge in [-0.3, -0.25) is 9.78 Å². The smallest absolute Gasteiger partial charge is 0.230 e. The highest BCUT2D eigenvalue weighted by Gasteiger charge is 2.47. The fraction of sp³-hybridized carbons (Fsp3) is 0.357. The molecule has 0 unspecified atom stereocenters. The molecule has 1 amide bonds. The maximum Gasteiger partial charge on any atom is 0.230 e. The van der Waals surface area contributed by atoms with Gasteiger partial charge in [0.2, 0.25) is 5.91 Å². The molecule has 7 heteroatoms. The highest BCUT2D eigenvalue weighted by Crippen LogP contribution is 2.48. The van der Waals surface area contributed by atoms with Crippen molar-refractivity contribution in [2.24, 2.45) is 11.7 Å². The van der Waals surface area contributed by atoms with E-state index < -0.39 is 0 Å². The van der Waals surface area contributed by atoms with Crippen LogP contribution in [0.5, 0.6) is 5.75 Å². The number of hydrogen-bond acceptors (Lipinski definition) is 5. The number of halogens is 1. The minimum atomic E-state index is -0.299. The van der Waals surface area contributed by atoms with E-state index in [0.717, 1.165) is 34.7 Å². The molecule has 1 saturated carbocycles. The summed E-state index contributed by atoms with van der Waals surface area (Å²) in [5.74, 6) is 1.03.